The van der Waals surface area contributed by atoms with E-state index in [1.54, 1.807) is 18.2 Å². The largest absolute Gasteiger partial charge is 0.508 e. The Morgan fingerprint density at radius 1 is 0.960 bits per heavy atom. The van der Waals surface area contributed by atoms with E-state index < -0.39 is 87.2 Å². The quantitative estimate of drug-likeness (QED) is 0.222. The summed E-state index contributed by atoms with van der Waals surface area (Å²) in [5, 5.41) is 10.7. The lowest BCUT2D eigenvalue weighted by Gasteiger charge is -2.50. The number of pyridine rings is 1. The van der Waals surface area contributed by atoms with Gasteiger partial charge in [-0.05, 0) is 60.2 Å². The number of phenolic OH excluding ortho intramolecular Hbond substituents is 1. The Morgan fingerprint density at radius 3 is 2.28 bits per heavy atom. The Kier molecular flexibility index (Phi) is 7.92. The van der Waals surface area contributed by atoms with E-state index in [4.69, 9.17) is 40.5 Å². The highest BCUT2D eigenvalue weighted by molar-refractivity contribution is 6.33. The van der Waals surface area contributed by atoms with Crippen molar-refractivity contribution in [2.24, 2.45) is 29.4 Å². The van der Waals surface area contributed by atoms with Gasteiger partial charge in [-0.1, -0.05) is 64.7 Å². The van der Waals surface area contributed by atoms with Crippen LogP contribution in [0.2, 0.25) is 15.1 Å². The number of alkyl halides is 3. The first-order valence-electron chi connectivity index (χ1n) is 15.1. The highest BCUT2D eigenvalue weighted by Gasteiger charge is 2.70. The Bertz CT molecular complexity index is 2060. The van der Waals surface area contributed by atoms with Crippen molar-refractivity contribution in [1.82, 2.24) is 14.9 Å². The van der Waals surface area contributed by atoms with Gasteiger partial charge in [0.2, 0.25) is 11.8 Å². The number of hydrogen-bond acceptors (Lipinski definition) is 8. The maximum atomic E-state index is 15.1. The number of nitrogens with zero attached hydrogens (tertiary/aromatic N) is 3. The van der Waals surface area contributed by atoms with Gasteiger partial charge in [-0.2, -0.15) is 23.1 Å². The van der Waals surface area contributed by atoms with E-state index in [2.05, 4.69) is 10.4 Å². The first kappa shape index (κ1) is 33.8. The monoisotopic (exact) mass is 747 g/mol. The van der Waals surface area contributed by atoms with E-state index in [1.165, 1.54) is 30.3 Å². The van der Waals surface area contributed by atoms with Gasteiger partial charge in [-0.3, -0.25) is 24.6 Å². The predicted octanol–water partition coefficient (Wildman–Crippen LogP) is 5.83. The van der Waals surface area contributed by atoms with E-state index >= 15 is 4.79 Å². The number of hydrogen-bond donors (Lipinski definition) is 3. The number of hydrazine groups is 1. The van der Waals surface area contributed by atoms with Crippen LogP contribution in [0, 0.1) is 23.7 Å². The second-order valence-corrected chi connectivity index (χ2v) is 13.7. The molecule has 17 heteroatoms. The Morgan fingerprint density at radius 2 is 1.66 bits per heavy atom. The molecule has 2 aromatic carbocycles. The molecule has 0 radical (unpaired) electrons. The lowest BCUT2D eigenvalue weighted by molar-refractivity contribution is -0.140. The van der Waals surface area contributed by atoms with Gasteiger partial charge in [0.25, 0.3) is 11.8 Å². The summed E-state index contributed by atoms with van der Waals surface area (Å²) in [4.78, 5) is 72.9. The molecular formula is C33H23Cl3F3N5O6. The Hall–Kier alpha value is -4.66. The number of aromatic nitrogens is 1. The molecule has 7 rings (SSSR count). The van der Waals surface area contributed by atoms with E-state index in [9.17, 15) is 37.5 Å². The van der Waals surface area contributed by atoms with Crippen LogP contribution in [0.25, 0.3) is 0 Å². The number of benzene rings is 2. The summed E-state index contributed by atoms with van der Waals surface area (Å²) in [6.07, 6.45) is -2.76. The average molecular weight is 749 g/mol. The molecule has 6 atom stereocenters. The van der Waals surface area contributed by atoms with Crippen LogP contribution < -0.4 is 11.2 Å². The first-order valence-corrected chi connectivity index (χ1v) is 16.2. The fourth-order valence-electron chi connectivity index (χ4n) is 8.09. The summed E-state index contributed by atoms with van der Waals surface area (Å²) in [5.41, 5.74) is 6.01. The molecule has 2 saturated heterocycles. The molecule has 1 saturated carbocycles. The number of carbonyl (C=O) groups is 5. The van der Waals surface area contributed by atoms with Gasteiger partial charge in [-0.15, -0.1) is 0 Å². The van der Waals surface area contributed by atoms with Crippen LogP contribution in [-0.4, -0.2) is 49.7 Å². The minimum Gasteiger partial charge on any atom is -0.508 e. The minimum absolute atomic E-state index is 0.00635. The van der Waals surface area contributed by atoms with Gasteiger partial charge < -0.3 is 10.8 Å². The summed E-state index contributed by atoms with van der Waals surface area (Å²) in [6.45, 7) is 0. The number of phenols is 1. The molecule has 3 fully saturated rings. The highest BCUT2D eigenvalue weighted by atomic mass is 35.5. The number of urea groups is 1. The number of fused-ring (bicyclic) bond motifs is 4. The molecule has 3 aromatic rings. The van der Waals surface area contributed by atoms with Crippen molar-refractivity contribution in [3.8, 4) is 5.75 Å². The van der Waals surface area contributed by atoms with Crippen molar-refractivity contribution in [3.63, 3.8) is 0 Å². The van der Waals surface area contributed by atoms with Crippen LogP contribution in [0.1, 0.15) is 35.4 Å². The standard InChI is InChI=1S/C33H23Cl3F3N5O6/c34-15-3-1-13(2-4-15)32-21(28(47)44(30(32)49)42-26-23(36)9-14(12-41-26)33(37,38)39)11-20-17(25(32)18-6-5-16(45)10-22(18)35)7-8-19-24(20)29(48)43(27(19)46)31(40)50/h1-7,9-10,12,19-21,24-25,45H,8,11H2,(H2,40,50)(H,41,42)/t19-,20+,21-,24-,25+,32+/m0/s1. The number of allylic oxidation sites excluding steroid dienone is 2. The molecule has 4 N–H and O–H groups in total. The molecule has 2 aliphatic carbocycles. The zero-order chi connectivity index (χ0) is 36.0. The van der Waals surface area contributed by atoms with Gasteiger partial charge in [0, 0.05) is 22.2 Å². The van der Waals surface area contributed by atoms with Gasteiger partial charge in [-0.25, -0.2) is 9.78 Å². The number of anilines is 1. The third kappa shape index (κ3) is 4.87. The van der Waals surface area contributed by atoms with Crippen molar-refractivity contribution in [2.75, 3.05) is 5.43 Å². The molecule has 2 aliphatic heterocycles. The van der Waals surface area contributed by atoms with Crippen molar-refractivity contribution in [3.05, 3.63) is 98.1 Å². The maximum Gasteiger partial charge on any atom is 0.417 e. The molecule has 3 heterocycles. The number of imide groups is 4. The molecule has 6 amide bonds. The fourth-order valence-corrected chi connectivity index (χ4v) is 8.71. The van der Waals surface area contributed by atoms with E-state index in [1.807, 2.05) is 0 Å². The lowest BCUT2D eigenvalue weighted by Crippen LogP contribution is -2.53. The third-order valence-corrected chi connectivity index (χ3v) is 10.9. The summed E-state index contributed by atoms with van der Waals surface area (Å²) >= 11 is 19.2. The zero-order valence-electron chi connectivity index (χ0n) is 25.2. The number of amides is 6. The Balaban J connectivity index is 1.45. The van der Waals surface area contributed by atoms with Crippen molar-refractivity contribution in [1.29, 1.82) is 0 Å². The van der Waals surface area contributed by atoms with Crippen LogP contribution in [0.4, 0.5) is 23.8 Å². The van der Waals surface area contributed by atoms with Crippen LogP contribution in [-0.2, 0) is 30.8 Å². The topological polar surface area (TPSA) is 163 Å². The van der Waals surface area contributed by atoms with Crippen LogP contribution in [0.3, 0.4) is 0 Å². The molecule has 0 spiro atoms. The molecule has 258 valence electrons. The van der Waals surface area contributed by atoms with Crippen molar-refractivity contribution >= 4 is 70.3 Å². The Labute approximate surface area is 295 Å². The molecule has 11 nitrogen and oxygen atoms in total. The summed E-state index contributed by atoms with van der Waals surface area (Å²) in [6, 6.07) is 9.55. The second kappa shape index (κ2) is 11.7. The van der Waals surface area contributed by atoms with Crippen LogP contribution >= 0.6 is 34.8 Å². The minimum atomic E-state index is -4.77. The number of carbonyl (C=O) groups excluding carboxylic acids is 5. The normalized spacial score (nSPS) is 27.6. The number of nitrogens with one attached hydrogen (secondary N) is 1. The van der Waals surface area contributed by atoms with Gasteiger partial charge in [0.15, 0.2) is 5.82 Å². The van der Waals surface area contributed by atoms with Crippen molar-refractivity contribution < 1.29 is 42.3 Å². The summed E-state index contributed by atoms with van der Waals surface area (Å²) in [5.74, 6) is -9.31. The van der Waals surface area contributed by atoms with Gasteiger partial charge in [0.1, 0.15) is 5.75 Å². The number of nitrogens with two attached hydrogens (primary N) is 1. The maximum absolute atomic E-state index is 15.1. The number of likely N-dealkylation sites (tertiary alicyclic amines) is 1. The molecule has 1 aromatic heterocycles. The number of aromatic hydroxyl groups is 1. The van der Waals surface area contributed by atoms with Gasteiger partial charge >= 0.3 is 12.2 Å². The SMILES string of the molecule is NC(=O)N1C(=O)[C@H]2[C@H](CC=C3[C@H]2C[C@H]2C(=O)N(Nc4ncc(C(F)(F)F)cc4Cl)C(=O)[C@@]2(c2ccc(Cl)cc2)[C@H]3c2ccc(O)cc2Cl)C1=O. The molecule has 50 heavy (non-hydrogen) atoms. The van der Waals surface area contributed by atoms with E-state index in [0.717, 1.165) is 0 Å². The number of rotatable bonds is 4. The smallest absolute Gasteiger partial charge is 0.417 e. The second-order valence-electron chi connectivity index (χ2n) is 12.5. The van der Waals surface area contributed by atoms with Gasteiger partial charge in [0.05, 0.1) is 33.8 Å². The first-order chi connectivity index (χ1) is 23.6. The fraction of sp³-hybridized carbons (Fsp3) is 0.273. The number of halogens is 6. The average Bonchev–Trinajstić information content (AvgIpc) is 3.43. The summed E-state index contributed by atoms with van der Waals surface area (Å²) in [7, 11) is 0. The molecule has 0 unspecified atom stereocenters. The molecule has 0 bridgehead atoms. The van der Waals surface area contributed by atoms with E-state index in [-0.39, 0.29) is 29.2 Å². The third-order valence-electron chi connectivity index (χ3n) is 10.1. The van der Waals surface area contributed by atoms with Crippen LogP contribution in [0.15, 0.2) is 66.4 Å². The lowest BCUT2D eigenvalue weighted by atomic mass is 9.49. The summed E-state index contributed by atoms with van der Waals surface area (Å²) < 4.78 is 40.1. The molecule has 4 aliphatic rings. The highest BCUT2D eigenvalue weighted by Crippen LogP contribution is 2.64. The predicted molar refractivity (Wildman–Crippen MR) is 171 cm³/mol. The number of primary amides is 1. The molecular weight excluding hydrogens is 726 g/mol. The van der Waals surface area contributed by atoms with Crippen LogP contribution in [0.5, 0.6) is 5.75 Å². The zero-order valence-corrected chi connectivity index (χ0v) is 27.5. The van der Waals surface area contributed by atoms with E-state index in [0.29, 0.717) is 38.3 Å². The van der Waals surface area contributed by atoms with Crippen molar-refractivity contribution in [2.45, 2.75) is 30.4 Å².